The molecule has 1 N–H and O–H groups in total. The third kappa shape index (κ3) is 4.04. The van der Waals surface area contributed by atoms with E-state index in [9.17, 15) is 14.0 Å². The molecule has 0 unspecified atom stereocenters. The first-order valence-corrected chi connectivity index (χ1v) is 9.50. The molecule has 3 aromatic rings. The molecule has 0 bridgehead atoms. The van der Waals surface area contributed by atoms with Gasteiger partial charge in [0.25, 0.3) is 0 Å². The molecule has 0 fully saturated rings. The summed E-state index contributed by atoms with van der Waals surface area (Å²) in [6.07, 6.45) is 0.0953. The zero-order valence-corrected chi connectivity index (χ0v) is 16.1. The van der Waals surface area contributed by atoms with Crippen molar-refractivity contribution in [2.24, 2.45) is 0 Å². The van der Waals surface area contributed by atoms with Crippen molar-refractivity contribution in [3.8, 4) is 0 Å². The Morgan fingerprint density at radius 3 is 2.52 bits per heavy atom. The fourth-order valence-corrected chi connectivity index (χ4v) is 3.73. The Bertz CT molecular complexity index is 1050. The number of benzene rings is 3. The highest BCUT2D eigenvalue weighted by Crippen LogP contribution is 2.36. The van der Waals surface area contributed by atoms with Crippen LogP contribution in [0.2, 0.25) is 0 Å². The standard InChI is InChI=1S/C24H21FN2O2/c1-16-7-12-21-20(13-16)24(18-5-3-2-4-6-18)27(15-22(28)26-21)23(29)14-17-8-10-19(25)11-9-17/h2-13,24H,14-15H2,1H3,(H,26,28)/t24-/m1/s1. The predicted octanol–water partition coefficient (Wildman–Crippen LogP) is 4.25. The summed E-state index contributed by atoms with van der Waals surface area (Å²) in [5.41, 5.74) is 4.29. The Morgan fingerprint density at radius 1 is 1.07 bits per heavy atom. The number of anilines is 1. The summed E-state index contributed by atoms with van der Waals surface area (Å²) in [6, 6.07) is 21.0. The molecular formula is C24H21FN2O2. The summed E-state index contributed by atoms with van der Waals surface area (Å²) in [5.74, 6) is -0.766. The van der Waals surface area contributed by atoms with Crippen LogP contribution in [0.1, 0.15) is 28.3 Å². The topological polar surface area (TPSA) is 49.4 Å². The van der Waals surface area contributed by atoms with Gasteiger partial charge in [-0.3, -0.25) is 9.59 Å². The summed E-state index contributed by atoms with van der Waals surface area (Å²) in [5, 5.41) is 2.92. The van der Waals surface area contributed by atoms with Crippen molar-refractivity contribution in [3.63, 3.8) is 0 Å². The lowest BCUT2D eigenvalue weighted by atomic mass is 9.94. The van der Waals surface area contributed by atoms with Crippen LogP contribution >= 0.6 is 0 Å². The third-order valence-electron chi connectivity index (χ3n) is 5.11. The zero-order valence-electron chi connectivity index (χ0n) is 16.1. The quantitative estimate of drug-likeness (QED) is 0.729. The molecule has 0 aromatic heterocycles. The molecule has 1 heterocycles. The normalized spacial score (nSPS) is 16.0. The fraction of sp³-hybridized carbons (Fsp3) is 0.167. The maximum absolute atomic E-state index is 13.3. The van der Waals surface area contributed by atoms with Crippen LogP contribution in [0.4, 0.5) is 10.1 Å². The Hall–Kier alpha value is -3.47. The zero-order chi connectivity index (χ0) is 20.4. The SMILES string of the molecule is Cc1ccc2c(c1)[C@@H](c1ccccc1)N(C(=O)Cc1ccc(F)cc1)CC(=O)N2. The number of hydrogen-bond acceptors (Lipinski definition) is 2. The van der Waals surface area contributed by atoms with Crippen LogP contribution in [0.5, 0.6) is 0 Å². The number of carbonyl (C=O) groups is 2. The first-order chi connectivity index (χ1) is 14.0. The molecule has 1 aliphatic heterocycles. The number of fused-ring (bicyclic) bond motifs is 1. The number of halogens is 1. The number of amides is 2. The molecule has 2 amide bonds. The van der Waals surface area contributed by atoms with Gasteiger partial charge in [0.15, 0.2) is 0 Å². The highest BCUT2D eigenvalue weighted by Gasteiger charge is 2.33. The van der Waals surface area contributed by atoms with Crippen molar-refractivity contribution < 1.29 is 14.0 Å². The Balaban J connectivity index is 1.78. The summed E-state index contributed by atoms with van der Waals surface area (Å²) in [4.78, 5) is 27.5. The average Bonchev–Trinajstić information content (AvgIpc) is 2.86. The minimum absolute atomic E-state index is 0.0483. The minimum Gasteiger partial charge on any atom is -0.324 e. The maximum atomic E-state index is 13.3. The highest BCUT2D eigenvalue weighted by molar-refractivity contribution is 5.97. The minimum atomic E-state index is -0.391. The molecule has 29 heavy (non-hydrogen) atoms. The van der Waals surface area contributed by atoms with Crippen LogP contribution in [0.15, 0.2) is 72.8 Å². The second-order valence-corrected chi connectivity index (χ2v) is 7.28. The number of aryl methyl sites for hydroxylation is 1. The highest BCUT2D eigenvalue weighted by atomic mass is 19.1. The number of carbonyl (C=O) groups excluding carboxylic acids is 2. The Labute approximate surface area is 169 Å². The second kappa shape index (κ2) is 7.87. The molecule has 0 spiro atoms. The number of hydrogen-bond donors (Lipinski definition) is 1. The number of nitrogens with one attached hydrogen (secondary N) is 1. The smallest absolute Gasteiger partial charge is 0.244 e. The molecule has 0 radical (unpaired) electrons. The first kappa shape index (κ1) is 18.9. The summed E-state index contributed by atoms with van der Waals surface area (Å²) in [7, 11) is 0. The lowest BCUT2D eigenvalue weighted by Crippen LogP contribution is -2.39. The molecule has 146 valence electrons. The van der Waals surface area contributed by atoms with Crippen molar-refractivity contribution >= 4 is 17.5 Å². The summed E-state index contributed by atoms with van der Waals surface area (Å²) in [6.45, 7) is 1.94. The maximum Gasteiger partial charge on any atom is 0.244 e. The van der Waals surface area contributed by atoms with Gasteiger partial charge in [0.2, 0.25) is 11.8 Å². The van der Waals surface area contributed by atoms with E-state index in [-0.39, 0.29) is 30.6 Å². The van der Waals surface area contributed by atoms with Gasteiger partial charge in [0.1, 0.15) is 12.4 Å². The molecular weight excluding hydrogens is 367 g/mol. The van der Waals surface area contributed by atoms with E-state index >= 15 is 0 Å². The van der Waals surface area contributed by atoms with Gasteiger partial charge in [-0.25, -0.2) is 4.39 Å². The van der Waals surface area contributed by atoms with E-state index < -0.39 is 6.04 Å². The second-order valence-electron chi connectivity index (χ2n) is 7.28. The van der Waals surface area contributed by atoms with Gasteiger partial charge < -0.3 is 10.2 Å². The lowest BCUT2D eigenvalue weighted by Gasteiger charge is -2.31. The summed E-state index contributed by atoms with van der Waals surface area (Å²) >= 11 is 0. The molecule has 0 aliphatic carbocycles. The van der Waals surface area contributed by atoms with E-state index in [4.69, 9.17) is 0 Å². The number of nitrogens with zero attached hydrogens (tertiary/aromatic N) is 1. The Kier molecular flexibility index (Phi) is 5.12. The van der Waals surface area contributed by atoms with Gasteiger partial charge in [-0.15, -0.1) is 0 Å². The van der Waals surface area contributed by atoms with Crippen molar-refractivity contribution in [1.82, 2.24) is 4.90 Å². The van der Waals surface area contributed by atoms with Crippen LogP contribution in [-0.2, 0) is 16.0 Å². The number of rotatable bonds is 3. The van der Waals surface area contributed by atoms with E-state index in [2.05, 4.69) is 5.32 Å². The van der Waals surface area contributed by atoms with Crippen molar-refractivity contribution in [1.29, 1.82) is 0 Å². The molecule has 5 heteroatoms. The van der Waals surface area contributed by atoms with E-state index in [1.165, 1.54) is 12.1 Å². The largest absolute Gasteiger partial charge is 0.324 e. The summed E-state index contributed by atoms with van der Waals surface area (Å²) < 4.78 is 13.2. The molecule has 3 aromatic carbocycles. The van der Waals surface area contributed by atoms with Crippen LogP contribution in [0.3, 0.4) is 0 Å². The third-order valence-corrected chi connectivity index (χ3v) is 5.11. The van der Waals surface area contributed by atoms with Gasteiger partial charge >= 0.3 is 0 Å². The lowest BCUT2D eigenvalue weighted by molar-refractivity contribution is -0.135. The van der Waals surface area contributed by atoms with E-state index in [0.29, 0.717) is 11.3 Å². The predicted molar refractivity (Wildman–Crippen MR) is 110 cm³/mol. The first-order valence-electron chi connectivity index (χ1n) is 9.50. The van der Waals surface area contributed by atoms with Crippen LogP contribution < -0.4 is 5.32 Å². The van der Waals surface area contributed by atoms with Gasteiger partial charge in [0.05, 0.1) is 12.5 Å². The van der Waals surface area contributed by atoms with Crippen molar-refractivity contribution in [3.05, 3.63) is 101 Å². The van der Waals surface area contributed by atoms with Crippen LogP contribution in [-0.4, -0.2) is 23.3 Å². The van der Waals surface area contributed by atoms with Gasteiger partial charge in [-0.1, -0.05) is 60.2 Å². The molecule has 0 saturated heterocycles. The van der Waals surface area contributed by atoms with Gasteiger partial charge in [-0.05, 0) is 36.2 Å². The average molecular weight is 388 g/mol. The molecule has 4 nitrogen and oxygen atoms in total. The Morgan fingerprint density at radius 2 is 1.79 bits per heavy atom. The van der Waals surface area contributed by atoms with Crippen LogP contribution in [0, 0.1) is 12.7 Å². The van der Waals surface area contributed by atoms with Crippen LogP contribution in [0.25, 0.3) is 0 Å². The molecule has 1 aliphatic rings. The molecule has 0 saturated carbocycles. The van der Waals surface area contributed by atoms with E-state index in [1.807, 2.05) is 55.5 Å². The van der Waals surface area contributed by atoms with E-state index in [1.54, 1.807) is 17.0 Å². The fourth-order valence-electron chi connectivity index (χ4n) is 3.73. The van der Waals surface area contributed by atoms with Gasteiger partial charge in [0, 0.05) is 11.3 Å². The van der Waals surface area contributed by atoms with E-state index in [0.717, 1.165) is 16.7 Å². The monoisotopic (exact) mass is 388 g/mol. The van der Waals surface area contributed by atoms with Crippen molar-refractivity contribution in [2.75, 3.05) is 11.9 Å². The molecule has 4 rings (SSSR count). The van der Waals surface area contributed by atoms with Gasteiger partial charge in [-0.2, -0.15) is 0 Å². The van der Waals surface area contributed by atoms with Crippen molar-refractivity contribution in [2.45, 2.75) is 19.4 Å². The molecule has 1 atom stereocenters.